The van der Waals surface area contributed by atoms with Gasteiger partial charge in [0.1, 0.15) is 0 Å². The molecular formula is C14H20N2O. The van der Waals surface area contributed by atoms with Crippen molar-refractivity contribution in [1.29, 1.82) is 0 Å². The number of nitrogens with two attached hydrogens (primary N) is 1. The average Bonchev–Trinajstić information content (AvgIpc) is 2.34. The molecule has 0 spiro atoms. The molecule has 0 aliphatic heterocycles. The predicted molar refractivity (Wildman–Crippen MR) is 70.8 cm³/mol. The van der Waals surface area contributed by atoms with Gasteiger partial charge in [-0.2, -0.15) is 0 Å². The molecule has 0 saturated heterocycles. The maximum absolute atomic E-state index is 11.6. The molecule has 1 aromatic carbocycles. The van der Waals surface area contributed by atoms with Crippen molar-refractivity contribution in [2.24, 2.45) is 5.73 Å². The van der Waals surface area contributed by atoms with Crippen molar-refractivity contribution in [3.63, 3.8) is 0 Å². The molecule has 0 aromatic heterocycles. The zero-order chi connectivity index (χ0) is 12.7. The first kappa shape index (κ1) is 13.5. The second-order valence-electron chi connectivity index (χ2n) is 4.09. The number of hydrogen-bond donors (Lipinski definition) is 2. The molecule has 0 aliphatic carbocycles. The fourth-order valence-electron chi connectivity index (χ4n) is 1.85. The van der Waals surface area contributed by atoms with Crippen LogP contribution in [0.4, 0.5) is 0 Å². The number of hydrogen-bond acceptors (Lipinski definition) is 2. The Labute approximate surface area is 103 Å². The quantitative estimate of drug-likeness (QED) is 0.734. The van der Waals surface area contributed by atoms with Gasteiger partial charge in [0, 0.05) is 18.9 Å². The van der Waals surface area contributed by atoms with Gasteiger partial charge in [0.2, 0.25) is 5.91 Å². The molecule has 17 heavy (non-hydrogen) atoms. The molecule has 3 heteroatoms. The molecule has 0 aliphatic rings. The second kappa shape index (κ2) is 6.86. The maximum atomic E-state index is 11.6. The zero-order valence-electron chi connectivity index (χ0n) is 10.3. The summed E-state index contributed by atoms with van der Waals surface area (Å²) in [5.41, 5.74) is 8.09. The number of nitrogens with one attached hydrogen (secondary N) is 1. The molecule has 1 aromatic rings. The topological polar surface area (TPSA) is 55.1 Å². The van der Waals surface area contributed by atoms with Gasteiger partial charge in [0.05, 0.1) is 0 Å². The van der Waals surface area contributed by atoms with Crippen molar-refractivity contribution in [2.75, 3.05) is 13.1 Å². The van der Waals surface area contributed by atoms with Crippen LogP contribution in [0.15, 0.2) is 36.9 Å². The summed E-state index contributed by atoms with van der Waals surface area (Å²) in [6, 6.07) is 8.05. The fourth-order valence-corrected chi connectivity index (χ4v) is 1.85. The molecule has 1 unspecified atom stereocenters. The Balaban J connectivity index is 2.69. The molecule has 3 nitrogen and oxygen atoms in total. The molecular weight excluding hydrogens is 212 g/mol. The Hall–Kier alpha value is -1.61. The number of carbonyl (C=O) groups excluding carboxylic acids is 1. The first-order chi connectivity index (χ1) is 8.19. The lowest BCUT2D eigenvalue weighted by Gasteiger charge is -2.17. The van der Waals surface area contributed by atoms with E-state index in [1.807, 2.05) is 31.2 Å². The first-order valence-electron chi connectivity index (χ1n) is 5.82. The third-order valence-electron chi connectivity index (χ3n) is 2.79. The van der Waals surface area contributed by atoms with Crippen molar-refractivity contribution in [2.45, 2.75) is 19.3 Å². The molecule has 92 valence electrons. The summed E-state index contributed by atoms with van der Waals surface area (Å²) >= 11 is 0. The van der Waals surface area contributed by atoms with Crippen LogP contribution in [0, 0.1) is 6.92 Å². The number of aryl methyl sites for hydroxylation is 1. The van der Waals surface area contributed by atoms with Crippen LogP contribution < -0.4 is 11.1 Å². The zero-order valence-corrected chi connectivity index (χ0v) is 10.3. The van der Waals surface area contributed by atoms with Gasteiger partial charge in [-0.3, -0.25) is 4.79 Å². The molecule has 1 rings (SSSR count). The highest BCUT2D eigenvalue weighted by Gasteiger charge is 2.15. The Bertz CT molecular complexity index is 388. The Morgan fingerprint density at radius 2 is 2.24 bits per heavy atom. The lowest BCUT2D eigenvalue weighted by Crippen LogP contribution is -2.27. The van der Waals surface area contributed by atoms with Gasteiger partial charge in [-0.1, -0.05) is 30.3 Å². The summed E-state index contributed by atoms with van der Waals surface area (Å²) in [6.07, 6.45) is 2.10. The molecule has 1 amide bonds. The molecule has 0 saturated carbocycles. The minimum absolute atomic E-state index is 0.0172. The van der Waals surface area contributed by atoms with E-state index in [0.717, 1.165) is 5.56 Å². The van der Waals surface area contributed by atoms with Crippen molar-refractivity contribution in [3.05, 3.63) is 48.0 Å². The molecule has 3 N–H and O–H groups in total. The number of benzene rings is 1. The lowest BCUT2D eigenvalue weighted by molar-refractivity contribution is -0.121. The van der Waals surface area contributed by atoms with Gasteiger partial charge in [0.15, 0.2) is 0 Å². The largest absolute Gasteiger partial charge is 0.353 e. The van der Waals surface area contributed by atoms with Crippen LogP contribution in [0.3, 0.4) is 0 Å². The third-order valence-corrected chi connectivity index (χ3v) is 2.79. The summed E-state index contributed by atoms with van der Waals surface area (Å²) in [5.74, 6) is 0.101. The minimum atomic E-state index is 0.0172. The smallest absolute Gasteiger partial charge is 0.220 e. The van der Waals surface area contributed by atoms with Crippen LogP contribution >= 0.6 is 0 Å². The second-order valence-corrected chi connectivity index (χ2v) is 4.09. The molecule has 0 bridgehead atoms. The van der Waals surface area contributed by atoms with E-state index in [0.29, 0.717) is 19.5 Å². The van der Waals surface area contributed by atoms with Gasteiger partial charge in [-0.15, -0.1) is 6.58 Å². The van der Waals surface area contributed by atoms with Gasteiger partial charge < -0.3 is 11.1 Å². The van der Waals surface area contributed by atoms with E-state index in [1.165, 1.54) is 5.56 Å². The monoisotopic (exact) mass is 232 g/mol. The maximum Gasteiger partial charge on any atom is 0.220 e. The predicted octanol–water partition coefficient (Wildman–Crippen LogP) is 1.73. The standard InChI is InChI=1S/C14H20N2O/c1-3-8-16-14(17)9-12(10-15)13-7-5-4-6-11(13)2/h3-7,12H,1,8-10,15H2,2H3,(H,16,17). The molecule has 1 atom stereocenters. The van der Waals surface area contributed by atoms with Crippen LogP contribution in [-0.4, -0.2) is 19.0 Å². The summed E-state index contributed by atoms with van der Waals surface area (Å²) in [6.45, 7) is 6.59. The van der Waals surface area contributed by atoms with Crippen molar-refractivity contribution < 1.29 is 4.79 Å². The van der Waals surface area contributed by atoms with E-state index >= 15 is 0 Å². The molecule has 0 radical (unpaired) electrons. The minimum Gasteiger partial charge on any atom is -0.353 e. The van der Waals surface area contributed by atoms with Crippen LogP contribution in [0.25, 0.3) is 0 Å². The highest BCUT2D eigenvalue weighted by atomic mass is 16.1. The number of carbonyl (C=O) groups is 1. The third kappa shape index (κ3) is 4.04. The van der Waals surface area contributed by atoms with Gasteiger partial charge in [-0.05, 0) is 24.6 Å². The Morgan fingerprint density at radius 1 is 1.53 bits per heavy atom. The summed E-state index contributed by atoms with van der Waals surface area (Å²) < 4.78 is 0. The van der Waals surface area contributed by atoms with E-state index in [1.54, 1.807) is 6.08 Å². The van der Waals surface area contributed by atoms with Crippen molar-refractivity contribution in [3.8, 4) is 0 Å². The van der Waals surface area contributed by atoms with E-state index in [2.05, 4.69) is 11.9 Å². The van der Waals surface area contributed by atoms with Crippen molar-refractivity contribution >= 4 is 5.91 Å². The SMILES string of the molecule is C=CCNC(=O)CC(CN)c1ccccc1C. The van der Waals surface area contributed by atoms with Crippen LogP contribution in [0.1, 0.15) is 23.5 Å². The van der Waals surface area contributed by atoms with Crippen LogP contribution in [-0.2, 0) is 4.79 Å². The normalized spacial score (nSPS) is 11.9. The van der Waals surface area contributed by atoms with Gasteiger partial charge in [0.25, 0.3) is 0 Å². The number of amides is 1. The lowest BCUT2D eigenvalue weighted by atomic mass is 9.92. The summed E-state index contributed by atoms with van der Waals surface area (Å²) in [7, 11) is 0. The molecule has 0 fully saturated rings. The van der Waals surface area contributed by atoms with Gasteiger partial charge >= 0.3 is 0 Å². The Morgan fingerprint density at radius 3 is 2.82 bits per heavy atom. The van der Waals surface area contributed by atoms with E-state index in [4.69, 9.17) is 5.73 Å². The van der Waals surface area contributed by atoms with Gasteiger partial charge in [-0.25, -0.2) is 0 Å². The summed E-state index contributed by atoms with van der Waals surface area (Å²) in [5, 5.41) is 2.77. The summed E-state index contributed by atoms with van der Waals surface area (Å²) in [4.78, 5) is 11.6. The Kier molecular flexibility index (Phi) is 5.43. The highest BCUT2D eigenvalue weighted by Crippen LogP contribution is 2.21. The van der Waals surface area contributed by atoms with Crippen LogP contribution in [0.2, 0.25) is 0 Å². The first-order valence-corrected chi connectivity index (χ1v) is 5.82. The average molecular weight is 232 g/mol. The van der Waals surface area contributed by atoms with E-state index < -0.39 is 0 Å². The van der Waals surface area contributed by atoms with E-state index in [9.17, 15) is 4.79 Å². The fraction of sp³-hybridized carbons (Fsp3) is 0.357. The van der Waals surface area contributed by atoms with Crippen molar-refractivity contribution in [1.82, 2.24) is 5.32 Å². The highest BCUT2D eigenvalue weighted by molar-refractivity contribution is 5.77. The molecule has 0 heterocycles. The van der Waals surface area contributed by atoms with Crippen LogP contribution in [0.5, 0.6) is 0 Å². The number of rotatable bonds is 6. The van der Waals surface area contributed by atoms with E-state index in [-0.39, 0.29) is 11.8 Å².